The Bertz CT molecular complexity index is 1230. The molecule has 0 bridgehead atoms. The van der Waals surface area contributed by atoms with Crippen LogP contribution in [0.3, 0.4) is 0 Å². The molecule has 0 aromatic heterocycles. The fourth-order valence-corrected chi connectivity index (χ4v) is 4.91. The largest absolute Gasteiger partial charge is 0.391 e. The van der Waals surface area contributed by atoms with Crippen molar-refractivity contribution in [3.8, 4) is 0 Å². The number of carbonyl (C=O) groups is 2. The summed E-state index contributed by atoms with van der Waals surface area (Å²) in [6, 6.07) is 17.5. The van der Waals surface area contributed by atoms with Gasteiger partial charge in [0.2, 0.25) is 5.91 Å². The molecule has 8 heteroatoms. The first kappa shape index (κ1) is 29.9. The maximum absolute atomic E-state index is 14.1. The van der Waals surface area contributed by atoms with Crippen molar-refractivity contribution >= 4 is 11.8 Å². The number of hydrogen-bond donors (Lipinski definition) is 3. The third-order valence-electron chi connectivity index (χ3n) is 6.61. The van der Waals surface area contributed by atoms with Gasteiger partial charge >= 0.3 is 0 Å². The van der Waals surface area contributed by atoms with Gasteiger partial charge in [-0.1, -0.05) is 50.2 Å². The molecular formula is C31H37F2N3O3. The fourth-order valence-electron chi connectivity index (χ4n) is 4.91. The molecule has 3 aromatic rings. The first-order valence-corrected chi connectivity index (χ1v) is 13.3. The van der Waals surface area contributed by atoms with Crippen molar-refractivity contribution in [3.05, 3.63) is 106 Å². The van der Waals surface area contributed by atoms with Crippen LogP contribution in [0.2, 0.25) is 0 Å². The second-order valence-electron chi connectivity index (χ2n) is 9.70. The van der Waals surface area contributed by atoms with Gasteiger partial charge in [-0.05, 0) is 60.2 Å². The van der Waals surface area contributed by atoms with Crippen LogP contribution >= 0.6 is 0 Å². The van der Waals surface area contributed by atoms with Gasteiger partial charge in [0, 0.05) is 49.3 Å². The van der Waals surface area contributed by atoms with Gasteiger partial charge in [-0.25, -0.2) is 8.78 Å². The Hall–Kier alpha value is -3.62. The molecule has 2 amide bonds. The number of aliphatic hydroxyl groups is 1. The predicted octanol–water partition coefficient (Wildman–Crippen LogP) is 4.80. The van der Waals surface area contributed by atoms with Crippen LogP contribution in [0, 0.1) is 11.6 Å². The average Bonchev–Trinajstić information content (AvgIpc) is 2.91. The molecule has 0 radical (unpaired) electrons. The molecule has 0 spiro atoms. The first-order chi connectivity index (χ1) is 18.7. The Kier molecular flexibility index (Phi) is 11.1. The molecule has 2 atom stereocenters. The number of rotatable bonds is 14. The van der Waals surface area contributed by atoms with E-state index in [2.05, 4.69) is 5.32 Å². The highest BCUT2D eigenvalue weighted by molar-refractivity contribution is 6.02. The summed E-state index contributed by atoms with van der Waals surface area (Å²) in [5.41, 5.74) is 7.68. The SMILES string of the molecule is CCCN(CCC)C(=O)c1cccc(C(N)=O)c1[C@H](Cc1cc(F)cc(F)c1)[C@@H](O)CNCc1ccccc1. The van der Waals surface area contributed by atoms with E-state index >= 15 is 0 Å². The molecule has 6 nitrogen and oxygen atoms in total. The number of benzene rings is 3. The molecule has 0 saturated heterocycles. The molecule has 3 aromatic carbocycles. The molecule has 0 saturated carbocycles. The standard InChI is InChI=1S/C31H37F2N3O3/c1-3-13-36(14-4-2)31(39)26-12-8-11-25(30(34)38)29(26)27(17-22-15-23(32)18-24(33)16-22)28(37)20-35-19-21-9-6-5-7-10-21/h5-12,15-16,18,27-28,35,37H,3-4,13-14,17,19-20H2,1-2H3,(H2,34,38)/t27-,28+/m1/s1. The molecule has 208 valence electrons. The highest BCUT2D eigenvalue weighted by atomic mass is 19.1. The zero-order chi connectivity index (χ0) is 28.4. The van der Waals surface area contributed by atoms with Crippen molar-refractivity contribution in [2.45, 2.75) is 51.7 Å². The second kappa shape index (κ2) is 14.5. The number of hydrogen-bond acceptors (Lipinski definition) is 4. The summed E-state index contributed by atoms with van der Waals surface area (Å²) >= 11 is 0. The van der Waals surface area contributed by atoms with Crippen LogP contribution in [-0.4, -0.2) is 47.6 Å². The molecule has 0 fully saturated rings. The maximum Gasteiger partial charge on any atom is 0.254 e. The van der Waals surface area contributed by atoms with Gasteiger partial charge in [0.05, 0.1) is 6.10 Å². The zero-order valence-corrected chi connectivity index (χ0v) is 22.5. The average molecular weight is 538 g/mol. The van der Waals surface area contributed by atoms with E-state index in [-0.39, 0.29) is 41.1 Å². The lowest BCUT2D eigenvalue weighted by Gasteiger charge is -2.30. The van der Waals surface area contributed by atoms with Crippen LogP contribution in [0.4, 0.5) is 8.78 Å². The minimum Gasteiger partial charge on any atom is -0.391 e. The van der Waals surface area contributed by atoms with Crippen molar-refractivity contribution in [2.75, 3.05) is 19.6 Å². The fraction of sp³-hybridized carbons (Fsp3) is 0.355. The zero-order valence-electron chi connectivity index (χ0n) is 22.5. The topological polar surface area (TPSA) is 95.7 Å². The smallest absolute Gasteiger partial charge is 0.254 e. The van der Waals surface area contributed by atoms with E-state index < -0.39 is 29.6 Å². The van der Waals surface area contributed by atoms with Crippen LogP contribution in [0.5, 0.6) is 0 Å². The van der Waals surface area contributed by atoms with E-state index in [4.69, 9.17) is 5.73 Å². The molecule has 0 aliphatic carbocycles. The third kappa shape index (κ3) is 8.18. The predicted molar refractivity (Wildman–Crippen MR) is 148 cm³/mol. The quantitative estimate of drug-likeness (QED) is 0.275. The second-order valence-corrected chi connectivity index (χ2v) is 9.70. The van der Waals surface area contributed by atoms with Crippen molar-refractivity contribution in [1.82, 2.24) is 10.2 Å². The van der Waals surface area contributed by atoms with Gasteiger partial charge in [-0.15, -0.1) is 0 Å². The summed E-state index contributed by atoms with van der Waals surface area (Å²) < 4.78 is 28.2. The molecule has 3 rings (SSSR count). The van der Waals surface area contributed by atoms with Crippen molar-refractivity contribution < 1.29 is 23.5 Å². The van der Waals surface area contributed by atoms with Crippen LogP contribution in [0.15, 0.2) is 66.7 Å². The summed E-state index contributed by atoms with van der Waals surface area (Å²) in [4.78, 5) is 28.1. The lowest BCUT2D eigenvalue weighted by atomic mass is 9.81. The minimum atomic E-state index is -1.11. The van der Waals surface area contributed by atoms with Crippen molar-refractivity contribution in [2.24, 2.45) is 5.73 Å². The van der Waals surface area contributed by atoms with Crippen molar-refractivity contribution in [3.63, 3.8) is 0 Å². The molecule has 0 heterocycles. The number of halogens is 2. The molecule has 0 aliphatic rings. The number of amides is 2. The van der Waals surface area contributed by atoms with Gasteiger partial charge in [-0.2, -0.15) is 0 Å². The van der Waals surface area contributed by atoms with Gasteiger partial charge in [-0.3, -0.25) is 9.59 Å². The van der Waals surface area contributed by atoms with E-state index in [0.29, 0.717) is 19.6 Å². The lowest BCUT2D eigenvalue weighted by Crippen LogP contribution is -2.37. The van der Waals surface area contributed by atoms with Crippen LogP contribution in [0.1, 0.15) is 70.0 Å². The van der Waals surface area contributed by atoms with Gasteiger partial charge in [0.25, 0.3) is 5.91 Å². The van der Waals surface area contributed by atoms with Crippen LogP contribution in [-0.2, 0) is 13.0 Å². The Morgan fingerprint density at radius 2 is 1.51 bits per heavy atom. The van der Waals surface area contributed by atoms with Gasteiger partial charge in [0.15, 0.2) is 0 Å². The summed E-state index contributed by atoms with van der Waals surface area (Å²) in [6.07, 6.45) is 0.357. The normalized spacial score (nSPS) is 12.6. The number of aliphatic hydroxyl groups excluding tert-OH is 1. The van der Waals surface area contributed by atoms with Crippen LogP contribution in [0.25, 0.3) is 0 Å². The van der Waals surface area contributed by atoms with Gasteiger partial charge < -0.3 is 21.1 Å². The number of carbonyl (C=O) groups excluding carboxylic acids is 2. The van der Waals surface area contributed by atoms with Gasteiger partial charge in [0.1, 0.15) is 11.6 Å². The maximum atomic E-state index is 14.1. The molecule has 0 unspecified atom stereocenters. The monoisotopic (exact) mass is 537 g/mol. The first-order valence-electron chi connectivity index (χ1n) is 13.3. The summed E-state index contributed by atoms with van der Waals surface area (Å²) in [7, 11) is 0. The van der Waals surface area contributed by atoms with E-state index in [1.165, 1.54) is 18.2 Å². The van der Waals surface area contributed by atoms with E-state index in [9.17, 15) is 23.5 Å². The third-order valence-corrected chi connectivity index (χ3v) is 6.61. The molecule has 39 heavy (non-hydrogen) atoms. The van der Waals surface area contributed by atoms with Crippen molar-refractivity contribution in [1.29, 1.82) is 0 Å². The lowest BCUT2D eigenvalue weighted by molar-refractivity contribution is 0.0751. The number of nitrogens with zero attached hydrogens (tertiary/aromatic N) is 1. The number of nitrogens with two attached hydrogens (primary N) is 1. The summed E-state index contributed by atoms with van der Waals surface area (Å²) in [5.74, 6) is -3.40. The molecule has 0 aliphatic heterocycles. The molecule has 4 N–H and O–H groups in total. The highest BCUT2D eigenvalue weighted by Crippen LogP contribution is 2.32. The Balaban J connectivity index is 2.07. The Labute approximate surface area is 228 Å². The number of primary amides is 1. The van der Waals surface area contributed by atoms with E-state index in [1.807, 2.05) is 44.2 Å². The highest BCUT2D eigenvalue weighted by Gasteiger charge is 2.31. The number of nitrogens with one attached hydrogen (secondary N) is 1. The van der Waals surface area contributed by atoms with E-state index in [0.717, 1.165) is 24.5 Å². The Morgan fingerprint density at radius 3 is 2.10 bits per heavy atom. The Morgan fingerprint density at radius 1 is 0.897 bits per heavy atom. The van der Waals surface area contributed by atoms with E-state index in [1.54, 1.807) is 17.0 Å². The minimum absolute atomic E-state index is 0.0189. The van der Waals surface area contributed by atoms with Crippen LogP contribution < -0.4 is 11.1 Å². The summed E-state index contributed by atoms with van der Waals surface area (Å²) in [6.45, 7) is 5.57. The molecular weight excluding hydrogens is 500 g/mol. The summed E-state index contributed by atoms with van der Waals surface area (Å²) in [5, 5.41) is 14.7.